The fourth-order valence-electron chi connectivity index (χ4n) is 9.42. The van der Waals surface area contributed by atoms with Crippen molar-refractivity contribution in [1.82, 2.24) is 44.0 Å². The molecule has 0 radical (unpaired) electrons. The van der Waals surface area contributed by atoms with Gasteiger partial charge in [-0.05, 0) is 65.5 Å². The summed E-state index contributed by atoms with van der Waals surface area (Å²) in [6.45, 7) is 9.02. The number of aromatic nitrogens is 8. The zero-order valence-electron chi connectivity index (χ0n) is 46.9. The van der Waals surface area contributed by atoms with Gasteiger partial charge in [0.15, 0.2) is 6.23 Å². The summed E-state index contributed by atoms with van der Waals surface area (Å²) in [4.78, 5) is 55.7. The van der Waals surface area contributed by atoms with Crippen LogP contribution < -0.4 is 11.2 Å². The highest BCUT2D eigenvalue weighted by Crippen LogP contribution is 2.34. The minimum absolute atomic E-state index is 0.0316. The van der Waals surface area contributed by atoms with Crippen LogP contribution in [-0.2, 0) is 75.8 Å². The van der Waals surface area contributed by atoms with Gasteiger partial charge in [-0.15, -0.1) is 10.2 Å². The Kier molecular flexibility index (Phi) is 31.5. The van der Waals surface area contributed by atoms with Crippen molar-refractivity contribution in [2.24, 2.45) is 0 Å². The third kappa shape index (κ3) is 24.3. The summed E-state index contributed by atoms with van der Waals surface area (Å²) < 4.78 is 47.8. The van der Waals surface area contributed by atoms with E-state index in [2.05, 4.69) is 48.3 Å². The molecule has 75 heavy (non-hydrogen) atoms. The first-order valence-corrected chi connectivity index (χ1v) is 28.6. The molecule has 1 saturated heterocycles. The monoisotopic (exact) mass is 1060 g/mol. The molecule has 426 valence electrons. The van der Waals surface area contributed by atoms with Crippen LogP contribution in [0.1, 0.15) is 199 Å². The lowest BCUT2D eigenvalue weighted by molar-refractivity contribution is -0.151. The zero-order chi connectivity index (χ0) is 54.0. The van der Waals surface area contributed by atoms with E-state index in [-0.39, 0.29) is 70.4 Å². The number of likely N-dealkylation sites (N-methyl/N-ethyl adjacent to an activating group) is 1. The minimum Gasteiger partial charge on any atom is -0.461 e. The highest BCUT2D eigenvalue weighted by molar-refractivity contribution is 5.69. The predicted molar refractivity (Wildman–Crippen MR) is 286 cm³/mol. The number of hydrogen-bond donors (Lipinski definition) is 0. The third-order valence-corrected chi connectivity index (χ3v) is 13.6. The molecule has 0 amide bonds. The first-order chi connectivity index (χ1) is 36.5. The van der Waals surface area contributed by atoms with Crippen molar-refractivity contribution in [3.05, 3.63) is 56.9 Å². The summed E-state index contributed by atoms with van der Waals surface area (Å²) >= 11 is 0. The van der Waals surface area contributed by atoms with E-state index in [1.165, 1.54) is 84.7 Å². The molecule has 0 bridgehead atoms. The number of carbonyl (C=O) groups excluding carboxylic acids is 2. The van der Waals surface area contributed by atoms with Crippen molar-refractivity contribution in [3.8, 4) is 0 Å². The molecular formula is C55H95N9O11. The van der Waals surface area contributed by atoms with Crippen LogP contribution in [0.5, 0.6) is 0 Å². The highest BCUT2D eigenvalue weighted by Gasteiger charge is 2.48. The number of carbonyl (C=O) groups is 2. The van der Waals surface area contributed by atoms with E-state index in [9.17, 15) is 19.2 Å². The largest absolute Gasteiger partial charge is 0.461 e. The summed E-state index contributed by atoms with van der Waals surface area (Å²) in [5, 5.41) is 17.1. The molecule has 0 saturated carbocycles. The highest BCUT2D eigenvalue weighted by atomic mass is 16.6. The molecule has 0 N–H and O–H groups in total. The number of methoxy groups -OCH3 is 1. The minimum atomic E-state index is -1.07. The molecule has 3 aromatic heterocycles. The molecule has 0 aliphatic carbocycles. The van der Waals surface area contributed by atoms with Gasteiger partial charge in [-0.25, -0.2) is 18.7 Å². The van der Waals surface area contributed by atoms with Crippen molar-refractivity contribution in [2.45, 2.75) is 252 Å². The second-order valence-electron chi connectivity index (χ2n) is 20.5. The number of hydrogen-bond acceptors (Lipinski definition) is 16. The standard InChI is InChI=1S/C55H95N9O11/c1-8-12-16-20-22-26-30-46(28-24-18-14-10-3)73-50(66)39-61-36-44(56-58-61)41-71-52-48(38-60(5)6)75-54(63-33-32-49(65)64(55(63)68)43-70-35-34-69-7)53(52)72-42-45-37-62(59-57-45)40-51(67)74-47(29-25-19-15-11-4)31-27-23-21-17-13-9-2/h32-33,36-37,46-48,52-54H,8-31,34-35,38-43H2,1-7H3/t46?,47?,48-,52-,53-,54-/m1/s1. The Hall–Kier alpha value is -4.34. The Labute approximate surface area is 446 Å². The number of ether oxygens (including phenoxy) is 7. The van der Waals surface area contributed by atoms with E-state index >= 15 is 0 Å². The molecule has 2 unspecified atom stereocenters. The van der Waals surface area contributed by atoms with Crippen molar-refractivity contribution in [2.75, 3.05) is 41.0 Å². The summed E-state index contributed by atoms with van der Waals surface area (Å²) in [5.74, 6) is -0.733. The van der Waals surface area contributed by atoms with Gasteiger partial charge in [0.05, 0.1) is 38.8 Å². The molecule has 4 heterocycles. The third-order valence-electron chi connectivity index (χ3n) is 13.6. The molecule has 3 aromatic rings. The molecule has 0 aromatic carbocycles. The van der Waals surface area contributed by atoms with Crippen LogP contribution in [0.2, 0.25) is 0 Å². The predicted octanol–water partition coefficient (Wildman–Crippen LogP) is 8.71. The number of esters is 2. The molecule has 1 fully saturated rings. The van der Waals surface area contributed by atoms with Crippen LogP contribution >= 0.6 is 0 Å². The Morgan fingerprint density at radius 3 is 1.56 bits per heavy atom. The van der Waals surface area contributed by atoms with Crippen molar-refractivity contribution in [3.63, 3.8) is 0 Å². The van der Waals surface area contributed by atoms with Gasteiger partial charge >= 0.3 is 17.6 Å². The quantitative estimate of drug-likeness (QED) is 0.0383. The summed E-state index contributed by atoms with van der Waals surface area (Å²) in [6, 6.07) is 1.28. The Bertz CT molecular complexity index is 2110. The number of unbranched alkanes of at least 4 members (excludes halogenated alkanes) is 16. The lowest BCUT2D eigenvalue weighted by Crippen LogP contribution is -2.44. The lowest BCUT2D eigenvalue weighted by Gasteiger charge is -2.26. The molecule has 0 spiro atoms. The van der Waals surface area contributed by atoms with Crippen molar-refractivity contribution < 1.29 is 42.7 Å². The number of nitrogens with zero attached hydrogens (tertiary/aromatic N) is 9. The van der Waals surface area contributed by atoms with Crippen LogP contribution in [0.15, 0.2) is 34.2 Å². The van der Waals surface area contributed by atoms with E-state index < -0.39 is 35.8 Å². The van der Waals surface area contributed by atoms with Gasteiger partial charge in [0.2, 0.25) is 0 Å². The normalized spacial score (nSPS) is 17.5. The van der Waals surface area contributed by atoms with E-state index in [4.69, 9.17) is 33.2 Å². The van der Waals surface area contributed by atoms with Gasteiger partial charge in [-0.2, -0.15) is 0 Å². The molecular weight excluding hydrogens is 963 g/mol. The maximum atomic E-state index is 14.1. The summed E-state index contributed by atoms with van der Waals surface area (Å²) in [5.41, 5.74) is -0.332. The van der Waals surface area contributed by atoms with Gasteiger partial charge in [-0.1, -0.05) is 141 Å². The van der Waals surface area contributed by atoms with Crippen molar-refractivity contribution >= 4 is 11.9 Å². The molecule has 20 heteroatoms. The van der Waals surface area contributed by atoms with Gasteiger partial charge in [0, 0.05) is 25.9 Å². The van der Waals surface area contributed by atoms with E-state index in [0.717, 1.165) is 107 Å². The zero-order valence-corrected chi connectivity index (χ0v) is 46.9. The average Bonchev–Trinajstić information content (AvgIpc) is 4.12. The van der Waals surface area contributed by atoms with Crippen LogP contribution in [0.3, 0.4) is 0 Å². The van der Waals surface area contributed by atoms with E-state index in [0.29, 0.717) is 17.9 Å². The maximum absolute atomic E-state index is 14.1. The molecule has 1 aliphatic heterocycles. The van der Waals surface area contributed by atoms with Crippen LogP contribution in [0, 0.1) is 0 Å². The van der Waals surface area contributed by atoms with Crippen LogP contribution in [-0.4, -0.2) is 127 Å². The average molecular weight is 1060 g/mol. The van der Waals surface area contributed by atoms with Crippen molar-refractivity contribution in [1.29, 1.82) is 0 Å². The van der Waals surface area contributed by atoms with Gasteiger partial charge < -0.3 is 38.1 Å². The van der Waals surface area contributed by atoms with Gasteiger partial charge in [0.1, 0.15) is 61.7 Å². The first-order valence-electron chi connectivity index (χ1n) is 28.6. The summed E-state index contributed by atoms with van der Waals surface area (Å²) in [6.07, 6.45) is 27.3. The Morgan fingerprint density at radius 1 is 0.640 bits per heavy atom. The van der Waals surface area contributed by atoms with Gasteiger partial charge in [-0.3, -0.25) is 19.0 Å². The maximum Gasteiger partial charge on any atom is 0.335 e. The van der Waals surface area contributed by atoms with Crippen LogP contribution in [0.25, 0.3) is 0 Å². The molecule has 1 aliphatic rings. The fraction of sp³-hybridized carbons (Fsp3) is 0.818. The van der Waals surface area contributed by atoms with E-state index in [1.54, 1.807) is 12.4 Å². The molecule has 6 atom stereocenters. The topological polar surface area (TPSA) is 207 Å². The molecule has 4 rings (SSSR count). The SMILES string of the molecule is CCCCCCCCC(CCCCCC)OC(=O)Cn1cc(CO[C@@H]2[C@H](OCc3cn(CC(=O)OC(CCCCCC)CCCCCCCC)nn3)[C@@H](CN(C)C)O[C@H]2n2ccc(=O)n(COCCOC)c2=O)nn1. The number of rotatable bonds is 44. The lowest BCUT2D eigenvalue weighted by atomic mass is 10.0. The summed E-state index contributed by atoms with van der Waals surface area (Å²) in [7, 11) is 5.33. The van der Waals surface area contributed by atoms with Gasteiger partial charge in [0.25, 0.3) is 5.56 Å². The second kappa shape index (κ2) is 37.4. The second-order valence-corrected chi connectivity index (χ2v) is 20.5. The Balaban J connectivity index is 1.50. The first kappa shape index (κ1) is 63.2. The smallest absolute Gasteiger partial charge is 0.335 e. The molecule has 20 nitrogen and oxygen atoms in total. The van der Waals surface area contributed by atoms with E-state index in [1.807, 2.05) is 19.0 Å². The van der Waals surface area contributed by atoms with Crippen LogP contribution in [0.4, 0.5) is 0 Å². The fourth-order valence-corrected chi connectivity index (χ4v) is 9.42. The Morgan fingerprint density at radius 2 is 1.09 bits per heavy atom.